The fourth-order valence-corrected chi connectivity index (χ4v) is 8.46. The number of aliphatic hydroxyl groups excluding tert-OH is 6. The predicted molar refractivity (Wildman–Crippen MR) is 215 cm³/mol. The van der Waals surface area contributed by atoms with E-state index in [2.05, 4.69) is 0 Å². The average molecular weight is 808 g/mol. The first-order valence-corrected chi connectivity index (χ1v) is 21.2. The number of carbonyl (C=O) groups is 3. The maximum Gasteiger partial charge on any atom is 0.329 e. The van der Waals surface area contributed by atoms with Crippen LogP contribution in [0.2, 0.25) is 0 Å². The molecule has 15 atom stereocenters. The van der Waals surface area contributed by atoms with Gasteiger partial charge in [0.15, 0.2) is 0 Å². The van der Waals surface area contributed by atoms with Gasteiger partial charge in [-0.15, -0.1) is 0 Å². The van der Waals surface area contributed by atoms with Crippen molar-refractivity contribution in [1.82, 2.24) is 4.90 Å². The second-order valence-electron chi connectivity index (χ2n) is 17.6. The van der Waals surface area contributed by atoms with E-state index in [1.165, 1.54) is 0 Å². The highest BCUT2D eigenvalue weighted by atomic mass is 16.6. The third-order valence-corrected chi connectivity index (χ3v) is 12.8. The lowest BCUT2D eigenvalue weighted by molar-refractivity contribution is -0.266. The molecule has 15 unspecified atom stereocenters. The largest absolute Gasteiger partial charge is 0.456 e. The monoisotopic (exact) mass is 808 g/mol. The number of amides is 1. The van der Waals surface area contributed by atoms with E-state index in [9.17, 15) is 50.1 Å². The molecule has 13 nitrogen and oxygen atoms in total. The third kappa shape index (κ3) is 13.0. The van der Waals surface area contributed by atoms with Crippen molar-refractivity contribution in [2.24, 2.45) is 29.6 Å². The van der Waals surface area contributed by atoms with E-state index in [0.717, 1.165) is 10.5 Å². The second kappa shape index (κ2) is 21.7. The summed E-state index contributed by atoms with van der Waals surface area (Å²) in [4.78, 5) is 42.8. The van der Waals surface area contributed by atoms with Gasteiger partial charge in [-0.2, -0.15) is 0 Å². The van der Waals surface area contributed by atoms with Gasteiger partial charge in [-0.3, -0.25) is 9.59 Å². The van der Waals surface area contributed by atoms with Gasteiger partial charge in [0.25, 0.3) is 11.7 Å². The number of ketones is 1. The van der Waals surface area contributed by atoms with E-state index in [-0.39, 0.29) is 56.4 Å². The molecule has 0 aliphatic carbocycles. The van der Waals surface area contributed by atoms with Gasteiger partial charge in [-0.1, -0.05) is 59.8 Å². The highest BCUT2D eigenvalue weighted by Crippen LogP contribution is 2.37. The van der Waals surface area contributed by atoms with Gasteiger partial charge in [0.2, 0.25) is 5.79 Å². The Balaban J connectivity index is 2.01. The van der Waals surface area contributed by atoms with Crippen LogP contribution in [-0.4, -0.2) is 126 Å². The molecular formula is C44H73NO12. The normalized spacial score (nSPS) is 41.2. The lowest BCUT2D eigenvalue weighted by atomic mass is 9.83. The number of fused-ring (bicyclic) bond motifs is 3. The zero-order valence-corrected chi connectivity index (χ0v) is 35.7. The molecule has 2 fully saturated rings. The van der Waals surface area contributed by atoms with Crippen molar-refractivity contribution < 1.29 is 59.6 Å². The summed E-state index contributed by atoms with van der Waals surface area (Å²) in [5.74, 6) is -7.51. The molecule has 0 aromatic rings. The van der Waals surface area contributed by atoms with Crippen LogP contribution in [0.3, 0.4) is 0 Å². The van der Waals surface area contributed by atoms with Crippen LogP contribution in [0.1, 0.15) is 127 Å². The average Bonchev–Trinajstić information content (AvgIpc) is 3.64. The van der Waals surface area contributed by atoms with Crippen LogP contribution in [0.15, 0.2) is 34.9 Å². The number of hydrogen-bond donors (Lipinski definition) is 7. The summed E-state index contributed by atoms with van der Waals surface area (Å²) in [5.41, 5.74) is 2.08. The smallest absolute Gasteiger partial charge is 0.329 e. The summed E-state index contributed by atoms with van der Waals surface area (Å²) in [6.07, 6.45) is 0.600. The fraction of sp³-hybridized carbons (Fsp3) is 0.795. The van der Waals surface area contributed by atoms with Crippen LogP contribution in [0.5, 0.6) is 0 Å². The van der Waals surface area contributed by atoms with E-state index in [0.29, 0.717) is 43.3 Å². The van der Waals surface area contributed by atoms with E-state index >= 15 is 0 Å². The van der Waals surface area contributed by atoms with Gasteiger partial charge in [-0.05, 0) is 101 Å². The first kappa shape index (κ1) is 48.9. The Labute approximate surface area is 339 Å². The standard InChI is InChI=1S/C44H73NO12/c1-10-32-14-16-39(27(5)20-25(3)31(9)46)56-43(54)35-12-11-17-45(35)42(53)41(52)44(55)29(7)13-15-34(57-44)23-38(50)30(8)37(49)22-33(47)21-36(48)26(4)18-24(2)19-28(6)40(32)51/h14,18,20,24-25,28-31,33-40,46-51,55H,10-13,15-17,19,21-23H2,1-9H3/b26-18+,27-20+,32-14+. The zero-order chi connectivity index (χ0) is 42.9. The summed E-state index contributed by atoms with van der Waals surface area (Å²) < 4.78 is 12.0. The molecule has 0 saturated carbocycles. The number of rotatable bonds is 4. The van der Waals surface area contributed by atoms with Crippen molar-refractivity contribution in [2.45, 2.75) is 187 Å². The molecule has 0 radical (unpaired) electrons. The minimum Gasteiger partial charge on any atom is -0.456 e. The van der Waals surface area contributed by atoms with E-state index in [4.69, 9.17) is 9.47 Å². The van der Waals surface area contributed by atoms with Crippen molar-refractivity contribution >= 4 is 17.7 Å². The van der Waals surface area contributed by atoms with E-state index in [1.807, 2.05) is 45.9 Å². The van der Waals surface area contributed by atoms with E-state index in [1.54, 1.807) is 34.6 Å². The molecule has 3 heterocycles. The molecule has 0 spiro atoms. The van der Waals surface area contributed by atoms with Gasteiger partial charge in [0.1, 0.15) is 12.1 Å². The van der Waals surface area contributed by atoms with Crippen LogP contribution >= 0.6 is 0 Å². The minimum atomic E-state index is -2.52. The molecule has 3 rings (SSSR count). The van der Waals surface area contributed by atoms with Crippen molar-refractivity contribution in [3.8, 4) is 0 Å². The second-order valence-corrected chi connectivity index (χ2v) is 17.6. The molecule has 0 aromatic carbocycles. The lowest BCUT2D eigenvalue weighted by Crippen LogP contribution is -2.59. The Morgan fingerprint density at radius 3 is 2.25 bits per heavy atom. The summed E-state index contributed by atoms with van der Waals surface area (Å²) in [6.45, 7) is 16.2. The zero-order valence-electron chi connectivity index (χ0n) is 35.7. The number of hydrogen-bond acceptors (Lipinski definition) is 12. The van der Waals surface area contributed by atoms with E-state index < -0.39 is 90.2 Å². The lowest BCUT2D eigenvalue weighted by Gasteiger charge is -2.42. The molecule has 57 heavy (non-hydrogen) atoms. The SMILES string of the molecule is CC/C1=C\CC(/C(C)=C/C(C)C(C)O)OC(=O)C2CCCN2C(=O)C(=O)C2(O)OC(CCC2C)CC(O)C(C)C(O)CC(O)CC(O)/C(C)=C/C(C)CC(C)C1O. The van der Waals surface area contributed by atoms with Crippen LogP contribution in [0.25, 0.3) is 0 Å². The molecule has 2 bridgehead atoms. The van der Waals surface area contributed by atoms with Crippen molar-refractivity contribution in [3.05, 3.63) is 34.9 Å². The van der Waals surface area contributed by atoms with Gasteiger partial charge in [0.05, 0.1) is 42.7 Å². The number of aliphatic hydroxyl groups is 7. The van der Waals surface area contributed by atoms with Crippen LogP contribution < -0.4 is 0 Å². The molecule has 7 N–H and O–H groups in total. The van der Waals surface area contributed by atoms with Crippen molar-refractivity contribution in [1.29, 1.82) is 0 Å². The molecule has 3 aliphatic heterocycles. The van der Waals surface area contributed by atoms with Crippen LogP contribution in [0, 0.1) is 29.6 Å². The van der Waals surface area contributed by atoms with Crippen molar-refractivity contribution in [3.63, 3.8) is 0 Å². The Kier molecular flexibility index (Phi) is 18.6. The summed E-state index contributed by atoms with van der Waals surface area (Å²) in [7, 11) is 0. The Morgan fingerprint density at radius 2 is 1.61 bits per heavy atom. The molecule has 1 amide bonds. The summed E-state index contributed by atoms with van der Waals surface area (Å²) in [5, 5.41) is 77.2. The van der Waals surface area contributed by atoms with Crippen LogP contribution in [0.4, 0.5) is 0 Å². The first-order valence-electron chi connectivity index (χ1n) is 21.2. The maximum absolute atomic E-state index is 13.9. The van der Waals surface area contributed by atoms with Crippen LogP contribution in [-0.2, 0) is 23.9 Å². The minimum absolute atomic E-state index is 0.0316. The summed E-state index contributed by atoms with van der Waals surface area (Å²) >= 11 is 0. The molecule has 3 aliphatic rings. The molecule has 2 saturated heterocycles. The van der Waals surface area contributed by atoms with Crippen molar-refractivity contribution in [2.75, 3.05) is 6.54 Å². The topological polar surface area (TPSA) is 215 Å². The number of esters is 1. The number of ether oxygens (including phenoxy) is 2. The number of cyclic esters (lactones) is 1. The molecular weight excluding hydrogens is 734 g/mol. The number of allylic oxidation sites excluding steroid dienone is 1. The van der Waals surface area contributed by atoms with Gasteiger partial charge < -0.3 is 50.1 Å². The van der Waals surface area contributed by atoms with Gasteiger partial charge in [-0.25, -0.2) is 4.79 Å². The van der Waals surface area contributed by atoms with Gasteiger partial charge in [0, 0.05) is 37.1 Å². The third-order valence-electron chi connectivity index (χ3n) is 12.8. The quantitative estimate of drug-likeness (QED) is 0.123. The molecule has 13 heteroatoms. The maximum atomic E-state index is 13.9. The Morgan fingerprint density at radius 1 is 0.965 bits per heavy atom. The Hall–Kier alpha value is -2.49. The molecule has 326 valence electrons. The fourth-order valence-electron chi connectivity index (χ4n) is 8.46. The highest BCUT2D eigenvalue weighted by Gasteiger charge is 2.53. The number of carbonyl (C=O) groups excluding carboxylic acids is 3. The van der Waals surface area contributed by atoms with Gasteiger partial charge >= 0.3 is 5.97 Å². The predicted octanol–water partition coefficient (Wildman–Crippen LogP) is 3.88. The number of nitrogens with zero attached hydrogens (tertiary/aromatic N) is 1. The molecule has 0 aromatic heterocycles. The highest BCUT2D eigenvalue weighted by molar-refractivity contribution is 6.39. The Bertz CT molecular complexity index is 1440. The summed E-state index contributed by atoms with van der Waals surface area (Å²) in [6, 6.07) is -1.09. The first-order chi connectivity index (χ1) is 26.6. The number of Topliss-reactive ketones (excluding diaryl/α,β-unsaturated/α-hetero) is 1.